The summed E-state index contributed by atoms with van der Waals surface area (Å²) in [5.41, 5.74) is 9.29. The van der Waals surface area contributed by atoms with Gasteiger partial charge in [0.1, 0.15) is 0 Å². The number of aromatic amines is 1. The summed E-state index contributed by atoms with van der Waals surface area (Å²) in [6.45, 7) is 0.363. The zero-order valence-electron chi connectivity index (χ0n) is 10.0. The smallest absolute Gasteiger partial charge is 0.179 e. The van der Waals surface area contributed by atoms with E-state index in [4.69, 9.17) is 5.73 Å². The summed E-state index contributed by atoms with van der Waals surface area (Å²) in [5.74, 6) is 6.11. The minimum absolute atomic E-state index is 0.224. The van der Waals surface area contributed by atoms with E-state index in [0.29, 0.717) is 13.0 Å². The molecule has 1 aliphatic rings. The van der Waals surface area contributed by atoms with Crippen LogP contribution in [0.15, 0.2) is 18.2 Å². The van der Waals surface area contributed by atoms with Gasteiger partial charge in [-0.1, -0.05) is 11.8 Å². The molecule has 0 spiro atoms. The maximum Gasteiger partial charge on any atom is 0.179 e. The summed E-state index contributed by atoms with van der Waals surface area (Å²) in [7, 11) is 0. The zero-order valence-corrected chi connectivity index (χ0v) is 10.0. The highest BCUT2D eigenvalue weighted by molar-refractivity contribution is 6.03. The van der Waals surface area contributed by atoms with Gasteiger partial charge in [0, 0.05) is 22.9 Å². The first-order valence-electron chi connectivity index (χ1n) is 6.16. The summed E-state index contributed by atoms with van der Waals surface area (Å²) >= 11 is 0. The molecule has 0 aliphatic heterocycles. The zero-order chi connectivity index (χ0) is 12.5. The van der Waals surface area contributed by atoms with E-state index < -0.39 is 0 Å². The van der Waals surface area contributed by atoms with Gasteiger partial charge in [-0.15, -0.1) is 0 Å². The fourth-order valence-electron chi connectivity index (χ4n) is 2.53. The van der Waals surface area contributed by atoms with E-state index in [-0.39, 0.29) is 5.78 Å². The van der Waals surface area contributed by atoms with E-state index >= 15 is 0 Å². The molecular weight excluding hydrogens is 224 g/mol. The lowest BCUT2D eigenvalue weighted by Gasteiger charge is -2.09. The summed E-state index contributed by atoms with van der Waals surface area (Å²) in [4.78, 5) is 15.1. The van der Waals surface area contributed by atoms with Gasteiger partial charge in [0.15, 0.2) is 5.78 Å². The van der Waals surface area contributed by atoms with Crippen LogP contribution in [0.5, 0.6) is 0 Å². The summed E-state index contributed by atoms with van der Waals surface area (Å²) < 4.78 is 0. The highest BCUT2D eigenvalue weighted by atomic mass is 16.1. The fraction of sp³-hybridized carbons (Fsp3) is 0.267. The Balaban J connectivity index is 2.18. The van der Waals surface area contributed by atoms with Crippen LogP contribution in [-0.4, -0.2) is 17.3 Å². The highest BCUT2D eigenvalue weighted by Gasteiger charge is 2.21. The molecule has 3 rings (SSSR count). The highest BCUT2D eigenvalue weighted by Crippen LogP contribution is 2.29. The van der Waals surface area contributed by atoms with Crippen molar-refractivity contribution in [2.75, 3.05) is 6.54 Å². The van der Waals surface area contributed by atoms with Crippen LogP contribution >= 0.6 is 0 Å². The first kappa shape index (κ1) is 11.1. The molecule has 1 heterocycles. The number of nitrogens with one attached hydrogen (secondary N) is 1. The minimum atomic E-state index is 0.224. The van der Waals surface area contributed by atoms with Gasteiger partial charge in [0.25, 0.3) is 0 Å². The molecule has 3 N–H and O–H groups in total. The van der Waals surface area contributed by atoms with Crippen LogP contribution in [0.4, 0.5) is 0 Å². The van der Waals surface area contributed by atoms with Crippen LogP contribution < -0.4 is 5.73 Å². The van der Waals surface area contributed by atoms with Crippen LogP contribution in [0.1, 0.15) is 34.5 Å². The standard InChI is InChI=1S/C15H14N2O/c16-8-2-3-10-6-7-13-12(9-10)11-4-1-5-14(18)15(11)17-13/h6-7,9,17H,1,4-5,8,16H2. The van der Waals surface area contributed by atoms with Crippen LogP contribution in [-0.2, 0) is 6.42 Å². The number of hydrogen-bond acceptors (Lipinski definition) is 2. The Kier molecular flexibility index (Phi) is 2.66. The Morgan fingerprint density at radius 2 is 2.22 bits per heavy atom. The second-order valence-electron chi connectivity index (χ2n) is 4.52. The number of fused-ring (bicyclic) bond motifs is 3. The Labute approximate surface area is 105 Å². The maximum atomic E-state index is 11.8. The molecule has 2 aromatic rings. The first-order chi connectivity index (χ1) is 8.79. The quantitative estimate of drug-likeness (QED) is 0.690. The number of benzene rings is 1. The third kappa shape index (κ3) is 1.71. The Hall–Kier alpha value is -2.05. The molecular formula is C15H14N2O. The molecule has 0 saturated carbocycles. The van der Waals surface area contributed by atoms with Crippen molar-refractivity contribution < 1.29 is 4.79 Å². The number of nitrogens with two attached hydrogens (primary N) is 1. The Morgan fingerprint density at radius 3 is 3.06 bits per heavy atom. The molecule has 0 unspecified atom stereocenters. The lowest BCUT2D eigenvalue weighted by atomic mass is 9.94. The van der Waals surface area contributed by atoms with Gasteiger partial charge in [-0.05, 0) is 36.6 Å². The topological polar surface area (TPSA) is 58.9 Å². The second kappa shape index (κ2) is 4.32. The Bertz CT molecular complexity index is 686. The maximum absolute atomic E-state index is 11.8. The predicted octanol–water partition coefficient (Wildman–Crippen LogP) is 2.00. The third-order valence-corrected chi connectivity index (χ3v) is 3.35. The molecule has 0 radical (unpaired) electrons. The number of rotatable bonds is 0. The van der Waals surface area contributed by atoms with Crippen molar-refractivity contribution in [3.63, 3.8) is 0 Å². The van der Waals surface area contributed by atoms with Crippen molar-refractivity contribution in [2.45, 2.75) is 19.3 Å². The average molecular weight is 238 g/mol. The van der Waals surface area contributed by atoms with Crippen molar-refractivity contribution in [3.05, 3.63) is 35.0 Å². The third-order valence-electron chi connectivity index (χ3n) is 3.35. The summed E-state index contributed by atoms with van der Waals surface area (Å²) in [6, 6.07) is 5.99. The van der Waals surface area contributed by atoms with Gasteiger partial charge in [0.2, 0.25) is 0 Å². The average Bonchev–Trinajstić information content (AvgIpc) is 2.76. The van der Waals surface area contributed by atoms with E-state index in [1.807, 2.05) is 18.2 Å². The van der Waals surface area contributed by atoms with Gasteiger partial charge >= 0.3 is 0 Å². The Morgan fingerprint density at radius 1 is 1.33 bits per heavy atom. The number of H-pyrrole nitrogens is 1. The normalized spacial score (nSPS) is 14.2. The SMILES string of the molecule is NCC#Cc1ccc2[nH]c3c(c2c1)CCCC3=O. The number of carbonyl (C=O) groups is 1. The lowest BCUT2D eigenvalue weighted by Crippen LogP contribution is -2.09. The number of Topliss-reactive ketones (excluding diaryl/α,β-unsaturated/α-hetero) is 1. The molecule has 3 nitrogen and oxygen atoms in total. The number of hydrogen-bond donors (Lipinski definition) is 2. The molecule has 90 valence electrons. The lowest BCUT2D eigenvalue weighted by molar-refractivity contribution is 0.0968. The molecule has 0 amide bonds. The van der Waals surface area contributed by atoms with Gasteiger partial charge in [0.05, 0.1) is 12.2 Å². The van der Waals surface area contributed by atoms with Gasteiger partial charge in [-0.25, -0.2) is 0 Å². The van der Waals surface area contributed by atoms with Crippen molar-refractivity contribution in [1.82, 2.24) is 4.98 Å². The van der Waals surface area contributed by atoms with Crippen molar-refractivity contribution in [2.24, 2.45) is 5.73 Å². The van der Waals surface area contributed by atoms with E-state index in [9.17, 15) is 4.79 Å². The van der Waals surface area contributed by atoms with Gasteiger partial charge in [-0.3, -0.25) is 4.79 Å². The largest absolute Gasteiger partial charge is 0.352 e. The molecule has 0 fully saturated rings. The van der Waals surface area contributed by atoms with E-state index in [0.717, 1.165) is 40.6 Å². The fourth-order valence-corrected chi connectivity index (χ4v) is 2.53. The molecule has 1 aromatic heterocycles. The van der Waals surface area contributed by atoms with Gasteiger partial charge < -0.3 is 10.7 Å². The molecule has 1 aliphatic carbocycles. The molecule has 1 aromatic carbocycles. The van der Waals surface area contributed by atoms with E-state index in [1.54, 1.807) is 0 Å². The van der Waals surface area contributed by atoms with Crippen molar-refractivity contribution in [1.29, 1.82) is 0 Å². The second-order valence-corrected chi connectivity index (χ2v) is 4.52. The molecule has 18 heavy (non-hydrogen) atoms. The van der Waals surface area contributed by atoms with Crippen LogP contribution in [0.2, 0.25) is 0 Å². The van der Waals surface area contributed by atoms with Crippen molar-refractivity contribution >= 4 is 16.7 Å². The van der Waals surface area contributed by atoms with Crippen LogP contribution in [0, 0.1) is 11.8 Å². The van der Waals surface area contributed by atoms with E-state index in [2.05, 4.69) is 16.8 Å². The molecule has 3 heteroatoms. The number of ketones is 1. The monoisotopic (exact) mass is 238 g/mol. The summed E-state index contributed by atoms with van der Waals surface area (Å²) in [6.07, 6.45) is 2.56. The number of aromatic nitrogens is 1. The predicted molar refractivity (Wildman–Crippen MR) is 71.5 cm³/mol. The van der Waals surface area contributed by atoms with Gasteiger partial charge in [-0.2, -0.15) is 0 Å². The molecule has 0 atom stereocenters. The minimum Gasteiger partial charge on any atom is -0.352 e. The summed E-state index contributed by atoms with van der Waals surface area (Å²) in [5, 5.41) is 1.13. The number of carbonyl (C=O) groups excluding carboxylic acids is 1. The molecule has 0 saturated heterocycles. The molecule has 0 bridgehead atoms. The van der Waals surface area contributed by atoms with Crippen LogP contribution in [0.3, 0.4) is 0 Å². The first-order valence-corrected chi connectivity index (χ1v) is 6.16. The van der Waals surface area contributed by atoms with Crippen LogP contribution in [0.25, 0.3) is 10.9 Å². The number of aryl methyl sites for hydroxylation is 1. The van der Waals surface area contributed by atoms with Crippen molar-refractivity contribution in [3.8, 4) is 11.8 Å². The van der Waals surface area contributed by atoms with E-state index in [1.165, 1.54) is 0 Å².